The highest BCUT2D eigenvalue weighted by atomic mass is 28.3. The zero-order valence-corrected chi connectivity index (χ0v) is 21.0. The molecule has 0 amide bonds. The third kappa shape index (κ3) is 3.99. The van der Waals surface area contributed by atoms with Gasteiger partial charge in [0.2, 0.25) is 0 Å². The SMILES string of the molecule is CC1=CC([Si](c2cc(C)cc(C)c2)(c2cc(C)cc(C)c2)c2cc(C)cc(C)c2)C=C1. The van der Waals surface area contributed by atoms with Gasteiger partial charge in [0.25, 0.3) is 0 Å². The molecule has 1 aliphatic rings. The van der Waals surface area contributed by atoms with Gasteiger partial charge in [0.05, 0.1) is 0 Å². The van der Waals surface area contributed by atoms with Crippen molar-refractivity contribution in [3.63, 3.8) is 0 Å². The summed E-state index contributed by atoms with van der Waals surface area (Å²) < 4.78 is 0. The van der Waals surface area contributed by atoms with Crippen LogP contribution in [0, 0.1) is 41.5 Å². The van der Waals surface area contributed by atoms with E-state index in [1.807, 2.05) is 0 Å². The first-order chi connectivity index (χ1) is 14.7. The van der Waals surface area contributed by atoms with Crippen LogP contribution in [0.15, 0.2) is 78.4 Å². The molecular formula is C30H34Si. The quantitative estimate of drug-likeness (QED) is 0.363. The van der Waals surface area contributed by atoms with Crippen molar-refractivity contribution in [2.24, 2.45) is 0 Å². The maximum atomic E-state index is 2.51. The topological polar surface area (TPSA) is 0 Å². The highest BCUT2D eigenvalue weighted by Gasteiger charge is 2.46. The van der Waals surface area contributed by atoms with Gasteiger partial charge in [-0.2, -0.15) is 0 Å². The third-order valence-electron chi connectivity index (χ3n) is 6.54. The molecule has 1 unspecified atom stereocenters. The predicted molar refractivity (Wildman–Crippen MR) is 139 cm³/mol. The summed E-state index contributed by atoms with van der Waals surface area (Å²) in [7, 11) is -2.38. The smallest absolute Gasteiger partial charge is 0.0791 e. The van der Waals surface area contributed by atoms with E-state index in [0.717, 1.165) is 0 Å². The minimum absolute atomic E-state index is 0.399. The summed E-state index contributed by atoms with van der Waals surface area (Å²) in [5.41, 5.74) is 9.88. The van der Waals surface area contributed by atoms with Gasteiger partial charge in [0.15, 0.2) is 8.07 Å². The summed E-state index contributed by atoms with van der Waals surface area (Å²) in [6.45, 7) is 15.7. The summed E-state index contributed by atoms with van der Waals surface area (Å²) in [5.74, 6) is 0. The minimum Gasteiger partial charge on any atom is -0.0791 e. The molecule has 0 nitrogen and oxygen atoms in total. The van der Waals surface area contributed by atoms with Gasteiger partial charge in [-0.15, -0.1) is 0 Å². The van der Waals surface area contributed by atoms with Crippen LogP contribution in [-0.2, 0) is 0 Å². The van der Waals surface area contributed by atoms with Gasteiger partial charge < -0.3 is 0 Å². The van der Waals surface area contributed by atoms with Gasteiger partial charge in [-0.05, 0) is 64.0 Å². The fourth-order valence-electron chi connectivity index (χ4n) is 5.60. The van der Waals surface area contributed by atoms with Crippen LogP contribution in [0.3, 0.4) is 0 Å². The average molecular weight is 423 g/mol. The van der Waals surface area contributed by atoms with Crippen LogP contribution in [0.5, 0.6) is 0 Å². The van der Waals surface area contributed by atoms with E-state index in [9.17, 15) is 0 Å². The van der Waals surface area contributed by atoms with Crippen LogP contribution in [0.25, 0.3) is 0 Å². The zero-order valence-electron chi connectivity index (χ0n) is 20.0. The molecule has 0 saturated heterocycles. The predicted octanol–water partition coefficient (Wildman–Crippen LogP) is 5.89. The van der Waals surface area contributed by atoms with Crippen LogP contribution < -0.4 is 15.6 Å². The Morgan fingerprint density at radius 1 is 0.484 bits per heavy atom. The Hall–Kier alpha value is -2.64. The van der Waals surface area contributed by atoms with Gasteiger partial charge in [-0.3, -0.25) is 0 Å². The highest BCUT2D eigenvalue weighted by Crippen LogP contribution is 2.32. The summed E-state index contributed by atoms with van der Waals surface area (Å²) in [6.07, 6.45) is 7.30. The minimum atomic E-state index is -2.38. The second-order valence-electron chi connectivity index (χ2n) is 9.73. The molecule has 0 fully saturated rings. The van der Waals surface area contributed by atoms with Crippen LogP contribution in [0.2, 0.25) is 5.54 Å². The van der Waals surface area contributed by atoms with E-state index in [1.54, 1.807) is 0 Å². The Morgan fingerprint density at radius 3 is 1.06 bits per heavy atom. The molecule has 3 aromatic carbocycles. The molecule has 0 saturated carbocycles. The van der Waals surface area contributed by atoms with Gasteiger partial charge in [-0.1, -0.05) is 112 Å². The van der Waals surface area contributed by atoms with E-state index in [2.05, 4.69) is 121 Å². The fraction of sp³-hybridized carbons (Fsp3) is 0.267. The Kier molecular flexibility index (Phi) is 5.66. The zero-order chi connectivity index (χ0) is 22.3. The van der Waals surface area contributed by atoms with Crippen molar-refractivity contribution in [1.82, 2.24) is 0 Å². The van der Waals surface area contributed by atoms with Gasteiger partial charge in [0, 0.05) is 5.54 Å². The molecule has 1 aliphatic carbocycles. The summed E-state index contributed by atoms with van der Waals surface area (Å²) in [6, 6.07) is 21.7. The fourth-order valence-corrected chi connectivity index (χ4v) is 11.4. The first-order valence-electron chi connectivity index (χ1n) is 11.3. The molecule has 0 spiro atoms. The van der Waals surface area contributed by atoms with Crippen molar-refractivity contribution >= 4 is 23.6 Å². The lowest BCUT2D eigenvalue weighted by atomic mass is 10.1. The standard InChI is InChI=1S/C30H34Si/c1-20-8-9-27(13-20)31(28-14-21(2)10-22(3)15-28,29-16-23(4)11-24(5)17-29)30-18-25(6)12-26(7)19-30/h8-19,27H,1-7H3. The molecule has 0 bridgehead atoms. The van der Waals surface area contributed by atoms with E-state index in [1.165, 1.54) is 54.5 Å². The Balaban J connectivity index is 2.19. The lowest BCUT2D eigenvalue weighted by molar-refractivity contribution is 1.30. The molecule has 158 valence electrons. The van der Waals surface area contributed by atoms with E-state index in [0.29, 0.717) is 5.54 Å². The van der Waals surface area contributed by atoms with Crippen LogP contribution in [-0.4, -0.2) is 8.07 Å². The van der Waals surface area contributed by atoms with Crippen molar-refractivity contribution < 1.29 is 0 Å². The first kappa shape index (κ1) is 21.6. The Morgan fingerprint density at radius 2 is 0.806 bits per heavy atom. The molecule has 1 atom stereocenters. The van der Waals surface area contributed by atoms with E-state index >= 15 is 0 Å². The van der Waals surface area contributed by atoms with Crippen molar-refractivity contribution in [3.8, 4) is 0 Å². The number of aryl methyl sites for hydroxylation is 6. The second kappa shape index (κ2) is 8.13. The molecule has 3 aromatic rings. The van der Waals surface area contributed by atoms with Gasteiger partial charge in [-0.25, -0.2) is 0 Å². The van der Waals surface area contributed by atoms with Crippen LogP contribution >= 0.6 is 0 Å². The maximum Gasteiger partial charge on any atom is 0.158 e. The van der Waals surface area contributed by atoms with E-state index < -0.39 is 8.07 Å². The molecule has 0 heterocycles. The maximum absolute atomic E-state index is 2.51. The summed E-state index contributed by atoms with van der Waals surface area (Å²) in [4.78, 5) is 0. The molecule has 0 aromatic heterocycles. The molecular weight excluding hydrogens is 388 g/mol. The van der Waals surface area contributed by atoms with E-state index in [-0.39, 0.29) is 0 Å². The molecule has 0 N–H and O–H groups in total. The lowest BCUT2D eigenvalue weighted by Crippen LogP contribution is -2.69. The highest BCUT2D eigenvalue weighted by molar-refractivity contribution is 7.13. The van der Waals surface area contributed by atoms with Crippen molar-refractivity contribution in [2.45, 2.75) is 54.0 Å². The molecule has 1 heteroatoms. The summed E-state index contributed by atoms with van der Waals surface area (Å²) >= 11 is 0. The normalized spacial score (nSPS) is 16.0. The van der Waals surface area contributed by atoms with Crippen molar-refractivity contribution in [1.29, 1.82) is 0 Å². The number of benzene rings is 3. The molecule has 0 radical (unpaired) electrons. The Bertz CT molecular complexity index is 1020. The van der Waals surface area contributed by atoms with Crippen LogP contribution in [0.4, 0.5) is 0 Å². The number of allylic oxidation sites excluding steroid dienone is 4. The van der Waals surface area contributed by atoms with Crippen molar-refractivity contribution in [3.05, 3.63) is 112 Å². The largest absolute Gasteiger partial charge is 0.158 e. The first-order valence-corrected chi connectivity index (χ1v) is 13.4. The van der Waals surface area contributed by atoms with Gasteiger partial charge >= 0.3 is 0 Å². The third-order valence-corrected chi connectivity index (χ3v) is 11.5. The summed E-state index contributed by atoms with van der Waals surface area (Å²) in [5, 5.41) is 4.54. The van der Waals surface area contributed by atoms with Gasteiger partial charge in [0.1, 0.15) is 0 Å². The lowest BCUT2D eigenvalue weighted by Gasteiger charge is -2.39. The number of hydrogen-bond acceptors (Lipinski definition) is 0. The second-order valence-corrected chi connectivity index (χ2v) is 13.7. The number of hydrogen-bond donors (Lipinski definition) is 0. The molecule has 0 aliphatic heterocycles. The molecule has 4 rings (SSSR count). The Labute approximate surface area is 189 Å². The van der Waals surface area contributed by atoms with Crippen LogP contribution in [0.1, 0.15) is 40.3 Å². The van der Waals surface area contributed by atoms with Crippen molar-refractivity contribution in [2.75, 3.05) is 0 Å². The number of rotatable bonds is 4. The average Bonchev–Trinajstić information content (AvgIpc) is 3.06. The van der Waals surface area contributed by atoms with E-state index in [4.69, 9.17) is 0 Å². The molecule has 31 heavy (non-hydrogen) atoms. The monoisotopic (exact) mass is 422 g/mol.